The highest BCUT2D eigenvalue weighted by Gasteiger charge is 2.28. The Morgan fingerprint density at radius 2 is 1.66 bits per heavy atom. The number of rotatable bonds is 10. The Labute approximate surface area is 246 Å². The fourth-order valence-electron chi connectivity index (χ4n) is 4.27. The number of hydrazone groups is 1. The van der Waals surface area contributed by atoms with Gasteiger partial charge in [0.25, 0.3) is 15.9 Å². The van der Waals surface area contributed by atoms with Crippen LogP contribution in [-0.4, -0.2) is 45.9 Å². The quantitative estimate of drug-likeness (QED) is 0.185. The number of sulfonamides is 1. The average Bonchev–Trinajstić information content (AvgIpc) is 3.24. The molecule has 4 aromatic rings. The van der Waals surface area contributed by atoms with E-state index in [1.807, 2.05) is 44.2 Å². The van der Waals surface area contributed by atoms with Crippen molar-refractivity contribution < 1.29 is 27.1 Å². The molecule has 1 amide bonds. The number of amides is 1. The number of halogens is 2. The highest BCUT2D eigenvalue weighted by atomic mass is 79.9. The van der Waals surface area contributed by atoms with Crippen LogP contribution in [0.15, 0.2) is 87.3 Å². The van der Waals surface area contributed by atoms with Crippen molar-refractivity contribution in [3.05, 3.63) is 100 Å². The lowest BCUT2D eigenvalue weighted by Crippen LogP contribution is -2.39. The summed E-state index contributed by atoms with van der Waals surface area (Å²) >= 11 is 3.44. The molecule has 0 unspecified atom stereocenters. The van der Waals surface area contributed by atoms with Crippen molar-refractivity contribution in [3.63, 3.8) is 0 Å². The van der Waals surface area contributed by atoms with Crippen molar-refractivity contribution in [2.75, 3.05) is 25.1 Å². The summed E-state index contributed by atoms with van der Waals surface area (Å²) < 4.78 is 55.3. The maximum Gasteiger partial charge on any atom is 0.264 e. The zero-order valence-electron chi connectivity index (χ0n) is 22.8. The first-order valence-corrected chi connectivity index (χ1v) is 14.6. The summed E-state index contributed by atoms with van der Waals surface area (Å²) in [4.78, 5) is 12.8. The van der Waals surface area contributed by atoms with Crippen LogP contribution >= 0.6 is 15.9 Å². The molecule has 1 heterocycles. The van der Waals surface area contributed by atoms with Crippen LogP contribution in [0.1, 0.15) is 17.0 Å². The van der Waals surface area contributed by atoms with E-state index in [1.54, 1.807) is 0 Å². The van der Waals surface area contributed by atoms with E-state index in [0.717, 1.165) is 43.5 Å². The van der Waals surface area contributed by atoms with E-state index in [2.05, 4.69) is 31.0 Å². The van der Waals surface area contributed by atoms with Gasteiger partial charge in [0, 0.05) is 33.2 Å². The minimum absolute atomic E-state index is 0.0957. The van der Waals surface area contributed by atoms with E-state index < -0.39 is 28.3 Å². The maximum atomic E-state index is 13.7. The number of ether oxygens (including phenoxy) is 2. The molecule has 0 spiro atoms. The third-order valence-corrected chi connectivity index (χ3v) is 8.59. The van der Waals surface area contributed by atoms with E-state index >= 15 is 0 Å². The molecule has 0 saturated heterocycles. The summed E-state index contributed by atoms with van der Waals surface area (Å²) in [5.41, 5.74) is 6.13. The van der Waals surface area contributed by atoms with E-state index in [9.17, 15) is 17.6 Å². The highest BCUT2D eigenvalue weighted by molar-refractivity contribution is 9.10. The summed E-state index contributed by atoms with van der Waals surface area (Å²) in [6.45, 7) is 3.28. The minimum atomic E-state index is -4.28. The number of carbonyl (C=O) groups is 1. The maximum absolute atomic E-state index is 13.7. The predicted octanol–water partition coefficient (Wildman–Crippen LogP) is 5.36. The van der Waals surface area contributed by atoms with Gasteiger partial charge in [-0.05, 0) is 80.6 Å². The predicted molar refractivity (Wildman–Crippen MR) is 159 cm³/mol. The topological polar surface area (TPSA) is 102 Å². The Morgan fingerprint density at radius 3 is 2.29 bits per heavy atom. The number of carbonyl (C=O) groups excluding carboxylic acids is 1. The Morgan fingerprint density at radius 1 is 1.00 bits per heavy atom. The number of nitrogens with zero attached hydrogens (tertiary/aromatic N) is 3. The summed E-state index contributed by atoms with van der Waals surface area (Å²) in [5, 5.41) is 4.07. The molecule has 1 aromatic heterocycles. The zero-order valence-corrected chi connectivity index (χ0v) is 25.2. The number of methoxy groups -OCH3 is 2. The molecule has 0 atom stereocenters. The molecule has 3 aromatic carbocycles. The van der Waals surface area contributed by atoms with Gasteiger partial charge in [-0.3, -0.25) is 9.10 Å². The average molecular weight is 644 g/mol. The molecule has 9 nitrogen and oxygen atoms in total. The number of nitrogens with one attached hydrogen (secondary N) is 1. The lowest BCUT2D eigenvalue weighted by molar-refractivity contribution is -0.119. The number of anilines is 1. The van der Waals surface area contributed by atoms with Crippen LogP contribution in [0, 0.1) is 19.7 Å². The Hall–Kier alpha value is -4.16. The van der Waals surface area contributed by atoms with Crippen molar-refractivity contribution in [2.24, 2.45) is 5.10 Å². The van der Waals surface area contributed by atoms with Gasteiger partial charge in [0.1, 0.15) is 12.4 Å². The summed E-state index contributed by atoms with van der Waals surface area (Å²) in [6, 6.07) is 18.7. The van der Waals surface area contributed by atoms with Gasteiger partial charge in [-0.15, -0.1) is 0 Å². The molecule has 4 rings (SSSR count). The van der Waals surface area contributed by atoms with Crippen LogP contribution < -0.4 is 19.2 Å². The van der Waals surface area contributed by atoms with Crippen molar-refractivity contribution >= 4 is 43.8 Å². The van der Waals surface area contributed by atoms with Gasteiger partial charge in [0.15, 0.2) is 11.5 Å². The summed E-state index contributed by atoms with van der Waals surface area (Å²) in [6.07, 6.45) is 1.50. The number of aromatic nitrogens is 1. The lowest BCUT2D eigenvalue weighted by atomic mass is 10.2. The second-order valence-electron chi connectivity index (χ2n) is 8.94. The van der Waals surface area contributed by atoms with Crippen LogP contribution in [-0.2, 0) is 14.8 Å². The third kappa shape index (κ3) is 6.60. The smallest absolute Gasteiger partial charge is 0.264 e. The fourth-order valence-corrected chi connectivity index (χ4v) is 5.97. The SMILES string of the molecule is COc1ccc(S(=O)(=O)N(CC(=O)N/N=C\c2cc(C)n(-c3ccc(Br)cc3)c2C)c2ccc(F)cc2)cc1OC. The van der Waals surface area contributed by atoms with Gasteiger partial charge >= 0.3 is 0 Å². The second-order valence-corrected chi connectivity index (χ2v) is 11.7. The largest absolute Gasteiger partial charge is 0.493 e. The molecule has 12 heteroatoms. The number of hydrogen-bond acceptors (Lipinski definition) is 6. The summed E-state index contributed by atoms with van der Waals surface area (Å²) in [7, 11) is -1.47. The molecule has 214 valence electrons. The second kappa shape index (κ2) is 12.6. The molecule has 0 saturated carbocycles. The minimum Gasteiger partial charge on any atom is -0.493 e. The molecule has 0 fully saturated rings. The summed E-state index contributed by atoms with van der Waals surface area (Å²) in [5.74, 6) is -0.711. The monoisotopic (exact) mass is 642 g/mol. The number of benzene rings is 3. The van der Waals surface area contributed by atoms with E-state index in [4.69, 9.17) is 9.47 Å². The van der Waals surface area contributed by atoms with E-state index in [0.29, 0.717) is 5.75 Å². The highest BCUT2D eigenvalue weighted by Crippen LogP contribution is 2.32. The standard InChI is InChI=1S/C29H28BrFN4O5S/c1-19-15-21(20(2)35(19)25-9-5-22(30)6-10-25)17-32-33-29(36)18-34(24-11-7-23(31)8-12-24)41(37,38)26-13-14-27(39-3)28(16-26)40-4/h5-17H,18H2,1-4H3,(H,33,36)/b32-17-. The molecule has 0 aliphatic heterocycles. The van der Waals surface area contributed by atoms with E-state index in [-0.39, 0.29) is 16.3 Å². The molecular weight excluding hydrogens is 615 g/mol. The Kier molecular flexibility index (Phi) is 9.14. The Bertz CT molecular complexity index is 1690. The van der Waals surface area contributed by atoms with Crippen LogP contribution in [0.25, 0.3) is 5.69 Å². The molecule has 0 aliphatic carbocycles. The van der Waals surface area contributed by atoms with Crippen LogP contribution in [0.2, 0.25) is 0 Å². The van der Waals surface area contributed by atoms with Gasteiger partial charge < -0.3 is 14.0 Å². The van der Waals surface area contributed by atoms with Crippen molar-refractivity contribution in [3.8, 4) is 17.2 Å². The van der Waals surface area contributed by atoms with Crippen LogP contribution in [0.5, 0.6) is 11.5 Å². The molecule has 0 aliphatic rings. The number of aryl methyl sites for hydroxylation is 1. The van der Waals surface area contributed by atoms with Crippen molar-refractivity contribution in [1.82, 2.24) is 9.99 Å². The molecule has 0 bridgehead atoms. The Balaban J connectivity index is 1.58. The van der Waals surface area contributed by atoms with Gasteiger partial charge in [-0.25, -0.2) is 18.2 Å². The first-order valence-electron chi connectivity index (χ1n) is 12.3. The molecule has 1 N–H and O–H groups in total. The van der Waals surface area contributed by atoms with Gasteiger partial charge in [0.2, 0.25) is 0 Å². The lowest BCUT2D eigenvalue weighted by Gasteiger charge is -2.24. The molecule has 41 heavy (non-hydrogen) atoms. The van der Waals surface area contributed by atoms with Crippen molar-refractivity contribution in [1.29, 1.82) is 0 Å². The first-order chi connectivity index (χ1) is 19.5. The van der Waals surface area contributed by atoms with Gasteiger partial charge in [0.05, 0.1) is 31.0 Å². The molecule has 0 radical (unpaired) electrons. The third-order valence-electron chi connectivity index (χ3n) is 6.29. The van der Waals surface area contributed by atoms with Crippen molar-refractivity contribution in [2.45, 2.75) is 18.7 Å². The molecular formula is C29H28BrFN4O5S. The van der Waals surface area contributed by atoms with E-state index in [1.165, 1.54) is 50.8 Å². The normalized spacial score (nSPS) is 11.5. The van der Waals surface area contributed by atoms with Crippen LogP contribution in [0.4, 0.5) is 10.1 Å². The zero-order chi connectivity index (χ0) is 29.7. The van der Waals surface area contributed by atoms with Gasteiger partial charge in [-0.1, -0.05) is 15.9 Å². The van der Waals surface area contributed by atoms with Gasteiger partial charge in [-0.2, -0.15) is 5.10 Å². The van der Waals surface area contributed by atoms with Crippen LogP contribution in [0.3, 0.4) is 0 Å². The fraction of sp³-hybridized carbons (Fsp3) is 0.172. The number of hydrogen-bond donors (Lipinski definition) is 1. The first kappa shape index (κ1) is 29.8.